The molecule has 2 rings (SSSR count). The number of aliphatic hydroxyl groups is 1. The number of nitrogens with one attached hydrogen (secondary N) is 2. The average Bonchev–Trinajstić information content (AvgIpc) is 2.53. The second-order valence-electron chi connectivity index (χ2n) is 5.55. The SMILES string of the molecule is CCC1(C(=O)NCC(O)c2ccccc2)CCCNC1. The Morgan fingerprint density at radius 1 is 1.45 bits per heavy atom. The zero-order valence-electron chi connectivity index (χ0n) is 12.1. The zero-order valence-corrected chi connectivity index (χ0v) is 12.1. The first-order valence-corrected chi connectivity index (χ1v) is 7.40. The Kier molecular flexibility index (Phi) is 5.15. The van der Waals surface area contributed by atoms with E-state index in [2.05, 4.69) is 17.6 Å². The molecule has 0 aromatic heterocycles. The fraction of sp³-hybridized carbons (Fsp3) is 0.562. The predicted molar refractivity (Wildman–Crippen MR) is 79.2 cm³/mol. The monoisotopic (exact) mass is 276 g/mol. The third kappa shape index (κ3) is 3.38. The van der Waals surface area contributed by atoms with Crippen LogP contribution in [-0.4, -0.2) is 30.6 Å². The number of piperidine rings is 1. The minimum atomic E-state index is -0.648. The maximum atomic E-state index is 12.4. The molecule has 0 bridgehead atoms. The van der Waals surface area contributed by atoms with Gasteiger partial charge in [0.05, 0.1) is 11.5 Å². The molecule has 1 fully saturated rings. The summed E-state index contributed by atoms with van der Waals surface area (Å²) in [5, 5.41) is 16.3. The molecular weight excluding hydrogens is 252 g/mol. The van der Waals surface area contributed by atoms with Gasteiger partial charge in [0.25, 0.3) is 0 Å². The molecule has 1 aliphatic heterocycles. The fourth-order valence-electron chi connectivity index (χ4n) is 2.79. The van der Waals surface area contributed by atoms with Gasteiger partial charge in [-0.25, -0.2) is 0 Å². The van der Waals surface area contributed by atoms with Crippen LogP contribution in [-0.2, 0) is 4.79 Å². The van der Waals surface area contributed by atoms with Crippen LogP contribution in [0.3, 0.4) is 0 Å². The molecule has 2 atom stereocenters. The van der Waals surface area contributed by atoms with Crippen molar-refractivity contribution in [3.63, 3.8) is 0 Å². The van der Waals surface area contributed by atoms with Crippen LogP contribution in [0.4, 0.5) is 0 Å². The van der Waals surface area contributed by atoms with E-state index in [-0.39, 0.29) is 17.9 Å². The Morgan fingerprint density at radius 2 is 2.20 bits per heavy atom. The molecule has 0 saturated carbocycles. The van der Waals surface area contributed by atoms with Crippen LogP contribution < -0.4 is 10.6 Å². The van der Waals surface area contributed by atoms with E-state index in [9.17, 15) is 9.90 Å². The summed E-state index contributed by atoms with van der Waals surface area (Å²) in [5.74, 6) is 0.0576. The van der Waals surface area contributed by atoms with Crippen molar-refractivity contribution in [3.05, 3.63) is 35.9 Å². The first-order chi connectivity index (χ1) is 9.68. The number of amides is 1. The molecule has 1 heterocycles. The van der Waals surface area contributed by atoms with Crippen LogP contribution in [0, 0.1) is 5.41 Å². The summed E-state index contributed by atoms with van der Waals surface area (Å²) in [7, 11) is 0. The van der Waals surface area contributed by atoms with Gasteiger partial charge in [0.15, 0.2) is 0 Å². The number of hydrogen-bond donors (Lipinski definition) is 3. The van der Waals surface area contributed by atoms with E-state index >= 15 is 0 Å². The van der Waals surface area contributed by atoms with E-state index in [0.717, 1.165) is 37.9 Å². The number of aliphatic hydroxyl groups excluding tert-OH is 1. The maximum absolute atomic E-state index is 12.4. The van der Waals surface area contributed by atoms with Crippen molar-refractivity contribution >= 4 is 5.91 Å². The standard InChI is InChI=1S/C16H24N2O2/c1-2-16(9-6-10-17-12-16)15(20)18-11-14(19)13-7-4-3-5-8-13/h3-5,7-8,14,17,19H,2,6,9-12H2,1H3,(H,18,20). The molecule has 1 aromatic carbocycles. The Hall–Kier alpha value is -1.39. The topological polar surface area (TPSA) is 61.4 Å². The van der Waals surface area contributed by atoms with Crippen molar-refractivity contribution in [3.8, 4) is 0 Å². The third-order valence-corrected chi connectivity index (χ3v) is 4.27. The largest absolute Gasteiger partial charge is 0.387 e. The Balaban J connectivity index is 1.91. The van der Waals surface area contributed by atoms with Crippen LogP contribution in [0.2, 0.25) is 0 Å². The molecule has 1 amide bonds. The molecule has 1 aromatic rings. The number of carbonyl (C=O) groups is 1. The minimum absolute atomic E-state index is 0.0576. The van der Waals surface area contributed by atoms with Gasteiger partial charge in [0.1, 0.15) is 0 Å². The van der Waals surface area contributed by atoms with Crippen molar-refractivity contribution in [2.75, 3.05) is 19.6 Å². The van der Waals surface area contributed by atoms with Crippen LogP contribution >= 0.6 is 0 Å². The highest BCUT2D eigenvalue weighted by atomic mass is 16.3. The second-order valence-corrected chi connectivity index (χ2v) is 5.55. The van der Waals surface area contributed by atoms with Gasteiger partial charge in [-0.15, -0.1) is 0 Å². The van der Waals surface area contributed by atoms with Crippen LogP contribution in [0.5, 0.6) is 0 Å². The van der Waals surface area contributed by atoms with Crippen molar-refractivity contribution in [1.82, 2.24) is 10.6 Å². The van der Waals surface area contributed by atoms with E-state index < -0.39 is 6.10 Å². The zero-order chi connectivity index (χ0) is 14.4. The molecule has 20 heavy (non-hydrogen) atoms. The number of carbonyl (C=O) groups excluding carboxylic acids is 1. The van der Waals surface area contributed by atoms with Crippen LogP contribution in [0.25, 0.3) is 0 Å². The summed E-state index contributed by atoms with van der Waals surface area (Å²) in [6, 6.07) is 9.43. The normalized spacial score (nSPS) is 24.1. The van der Waals surface area contributed by atoms with E-state index in [1.165, 1.54) is 0 Å². The summed E-state index contributed by atoms with van der Waals surface area (Å²) >= 11 is 0. The van der Waals surface area contributed by atoms with Gasteiger partial charge in [-0.1, -0.05) is 37.3 Å². The van der Waals surface area contributed by atoms with Gasteiger partial charge in [-0.05, 0) is 31.4 Å². The van der Waals surface area contributed by atoms with Gasteiger partial charge >= 0.3 is 0 Å². The molecule has 4 nitrogen and oxygen atoms in total. The van der Waals surface area contributed by atoms with Crippen molar-refractivity contribution in [1.29, 1.82) is 0 Å². The van der Waals surface area contributed by atoms with Crippen LogP contribution in [0.1, 0.15) is 37.9 Å². The Labute approximate surface area is 120 Å². The Morgan fingerprint density at radius 3 is 2.80 bits per heavy atom. The summed E-state index contributed by atoms with van der Waals surface area (Å²) in [4.78, 5) is 12.4. The fourth-order valence-corrected chi connectivity index (χ4v) is 2.79. The number of benzene rings is 1. The molecule has 0 aliphatic carbocycles. The van der Waals surface area contributed by atoms with Gasteiger partial charge in [-0.3, -0.25) is 4.79 Å². The van der Waals surface area contributed by atoms with Gasteiger partial charge in [-0.2, -0.15) is 0 Å². The van der Waals surface area contributed by atoms with E-state index in [0.29, 0.717) is 0 Å². The number of rotatable bonds is 5. The number of hydrogen-bond acceptors (Lipinski definition) is 3. The molecule has 2 unspecified atom stereocenters. The summed E-state index contributed by atoms with van der Waals surface area (Å²) < 4.78 is 0. The molecule has 4 heteroatoms. The smallest absolute Gasteiger partial charge is 0.227 e. The molecule has 1 saturated heterocycles. The first-order valence-electron chi connectivity index (χ1n) is 7.40. The average molecular weight is 276 g/mol. The van der Waals surface area contributed by atoms with Crippen molar-refractivity contribution in [2.45, 2.75) is 32.3 Å². The van der Waals surface area contributed by atoms with Crippen LogP contribution in [0.15, 0.2) is 30.3 Å². The van der Waals surface area contributed by atoms with E-state index in [1.54, 1.807) is 0 Å². The summed E-state index contributed by atoms with van der Waals surface area (Å²) in [6.45, 7) is 4.04. The first kappa shape index (κ1) is 15.0. The third-order valence-electron chi connectivity index (χ3n) is 4.27. The highest BCUT2D eigenvalue weighted by molar-refractivity contribution is 5.83. The lowest BCUT2D eigenvalue weighted by molar-refractivity contribution is -0.132. The molecular formula is C16H24N2O2. The van der Waals surface area contributed by atoms with E-state index in [1.807, 2.05) is 30.3 Å². The highest BCUT2D eigenvalue weighted by Gasteiger charge is 2.37. The lowest BCUT2D eigenvalue weighted by atomic mass is 9.77. The Bertz CT molecular complexity index is 427. The van der Waals surface area contributed by atoms with Crippen molar-refractivity contribution < 1.29 is 9.90 Å². The molecule has 0 spiro atoms. The quantitative estimate of drug-likeness (QED) is 0.766. The van der Waals surface area contributed by atoms with E-state index in [4.69, 9.17) is 0 Å². The summed E-state index contributed by atoms with van der Waals surface area (Å²) in [6.07, 6.45) is 2.13. The molecule has 0 radical (unpaired) electrons. The lowest BCUT2D eigenvalue weighted by Gasteiger charge is -2.35. The molecule has 3 N–H and O–H groups in total. The van der Waals surface area contributed by atoms with Gasteiger partial charge < -0.3 is 15.7 Å². The molecule has 1 aliphatic rings. The predicted octanol–water partition coefficient (Wildman–Crippen LogP) is 1.62. The van der Waals surface area contributed by atoms with Gasteiger partial charge in [0.2, 0.25) is 5.91 Å². The minimum Gasteiger partial charge on any atom is -0.387 e. The molecule has 110 valence electrons. The second kappa shape index (κ2) is 6.86. The highest BCUT2D eigenvalue weighted by Crippen LogP contribution is 2.30. The van der Waals surface area contributed by atoms with Gasteiger partial charge in [0, 0.05) is 13.1 Å². The van der Waals surface area contributed by atoms with Crippen molar-refractivity contribution in [2.24, 2.45) is 5.41 Å². The maximum Gasteiger partial charge on any atom is 0.227 e. The lowest BCUT2D eigenvalue weighted by Crippen LogP contribution is -2.50. The summed E-state index contributed by atoms with van der Waals surface area (Å²) in [5.41, 5.74) is 0.523.